The summed E-state index contributed by atoms with van der Waals surface area (Å²) in [6.07, 6.45) is 9.63. The van der Waals surface area contributed by atoms with E-state index in [-0.39, 0.29) is 6.10 Å². The van der Waals surface area contributed by atoms with Crippen LogP contribution in [0.5, 0.6) is 5.88 Å². The van der Waals surface area contributed by atoms with Crippen LogP contribution in [0.1, 0.15) is 56.4 Å². The minimum atomic E-state index is 0.107. The summed E-state index contributed by atoms with van der Waals surface area (Å²) in [5.41, 5.74) is 2.80. The third-order valence-electron chi connectivity index (χ3n) is 5.16. The monoisotopic (exact) mass is 341 g/mol. The van der Waals surface area contributed by atoms with E-state index in [2.05, 4.69) is 26.4 Å². The molecular weight excluding hydrogens is 314 g/mol. The quantitative estimate of drug-likeness (QED) is 0.855. The average molecular weight is 341 g/mol. The van der Waals surface area contributed by atoms with Crippen LogP contribution in [0, 0.1) is 6.92 Å². The molecule has 0 bridgehead atoms. The zero-order chi connectivity index (χ0) is 17.4. The fourth-order valence-corrected chi connectivity index (χ4v) is 4.13. The van der Waals surface area contributed by atoms with Crippen LogP contribution < -0.4 is 9.64 Å². The van der Waals surface area contributed by atoms with Gasteiger partial charge in [0.05, 0.1) is 30.2 Å². The molecule has 1 aliphatic heterocycles. The van der Waals surface area contributed by atoms with Gasteiger partial charge in [-0.2, -0.15) is 4.98 Å². The predicted octanol–water partition coefficient (Wildman–Crippen LogP) is 3.10. The summed E-state index contributed by atoms with van der Waals surface area (Å²) in [5.74, 6) is 2.68. The Morgan fingerprint density at radius 2 is 2.00 bits per heavy atom. The lowest BCUT2D eigenvalue weighted by atomic mass is 10.0. The van der Waals surface area contributed by atoms with Crippen LogP contribution in [-0.4, -0.2) is 38.7 Å². The minimum Gasteiger partial charge on any atom is -0.474 e. The maximum absolute atomic E-state index is 5.69. The van der Waals surface area contributed by atoms with Gasteiger partial charge in [0.1, 0.15) is 5.82 Å². The molecule has 1 saturated heterocycles. The van der Waals surface area contributed by atoms with Crippen molar-refractivity contribution in [1.82, 2.24) is 19.5 Å². The normalized spacial score (nSPS) is 20.2. The molecule has 4 rings (SSSR count). The predicted molar refractivity (Wildman–Crippen MR) is 97.3 cm³/mol. The molecule has 0 spiro atoms. The van der Waals surface area contributed by atoms with Crippen molar-refractivity contribution in [2.24, 2.45) is 0 Å². The lowest BCUT2D eigenvalue weighted by molar-refractivity contribution is 0.231. The van der Waals surface area contributed by atoms with E-state index < -0.39 is 0 Å². The zero-order valence-corrected chi connectivity index (χ0v) is 15.4. The number of ether oxygens (including phenoxy) is 1. The Bertz CT molecular complexity index is 754. The van der Waals surface area contributed by atoms with Crippen molar-refractivity contribution in [2.45, 2.75) is 65.0 Å². The number of nitrogens with zero attached hydrogens (tertiary/aromatic N) is 5. The van der Waals surface area contributed by atoms with Gasteiger partial charge in [0.2, 0.25) is 5.88 Å². The number of fused-ring (bicyclic) bond motifs is 1. The molecule has 6 nitrogen and oxygen atoms in total. The Labute approximate surface area is 149 Å². The summed E-state index contributed by atoms with van der Waals surface area (Å²) in [6.45, 7) is 8.12. The lowest BCUT2D eigenvalue weighted by Crippen LogP contribution is -2.23. The highest BCUT2D eigenvalue weighted by Crippen LogP contribution is 2.32. The SMILES string of the molecule is Cc1nc2c(n1[C@@H]1CCN(c3cncc(OC(C)C)n3)C1)CCCC2. The first-order valence-electron chi connectivity index (χ1n) is 9.42. The molecule has 3 heterocycles. The number of imidazole rings is 1. The molecule has 2 aliphatic rings. The molecule has 0 N–H and O–H groups in total. The summed E-state index contributed by atoms with van der Waals surface area (Å²) < 4.78 is 8.19. The molecule has 0 aromatic carbocycles. The Morgan fingerprint density at radius 1 is 1.16 bits per heavy atom. The molecule has 0 unspecified atom stereocenters. The first-order valence-corrected chi connectivity index (χ1v) is 9.42. The zero-order valence-electron chi connectivity index (χ0n) is 15.4. The van der Waals surface area contributed by atoms with Gasteiger partial charge in [-0.25, -0.2) is 4.98 Å². The molecule has 0 saturated carbocycles. The molecule has 1 aliphatic carbocycles. The second-order valence-corrected chi connectivity index (χ2v) is 7.40. The van der Waals surface area contributed by atoms with Crippen molar-refractivity contribution in [1.29, 1.82) is 0 Å². The van der Waals surface area contributed by atoms with Gasteiger partial charge in [-0.15, -0.1) is 0 Å². The molecule has 0 radical (unpaired) electrons. The number of rotatable bonds is 4. The van der Waals surface area contributed by atoms with Crippen LogP contribution >= 0.6 is 0 Å². The van der Waals surface area contributed by atoms with E-state index in [1.54, 1.807) is 6.20 Å². The standard InChI is InChI=1S/C19H27N5O/c1-13(2)25-19-11-20-10-18(22-19)23-9-8-15(12-23)24-14(3)21-16-6-4-5-7-17(16)24/h10-11,13,15H,4-9,12H2,1-3H3/t15-/m1/s1. The smallest absolute Gasteiger partial charge is 0.234 e. The second-order valence-electron chi connectivity index (χ2n) is 7.40. The number of hydrogen-bond acceptors (Lipinski definition) is 5. The van der Waals surface area contributed by atoms with Gasteiger partial charge < -0.3 is 14.2 Å². The average Bonchev–Trinajstić information content (AvgIpc) is 3.17. The van der Waals surface area contributed by atoms with E-state index >= 15 is 0 Å². The van der Waals surface area contributed by atoms with E-state index in [1.165, 1.54) is 36.5 Å². The van der Waals surface area contributed by atoms with Crippen LogP contribution in [0.3, 0.4) is 0 Å². The Kier molecular flexibility index (Phi) is 4.36. The molecule has 1 atom stereocenters. The number of aromatic nitrogens is 4. The molecule has 134 valence electrons. The molecule has 0 amide bonds. The van der Waals surface area contributed by atoms with Crippen molar-refractivity contribution in [3.05, 3.63) is 29.6 Å². The summed E-state index contributed by atoms with van der Waals surface area (Å²) in [5, 5.41) is 0. The third-order valence-corrected chi connectivity index (χ3v) is 5.16. The first-order chi connectivity index (χ1) is 12.1. The van der Waals surface area contributed by atoms with E-state index in [9.17, 15) is 0 Å². The first kappa shape index (κ1) is 16.4. The Morgan fingerprint density at radius 3 is 2.84 bits per heavy atom. The largest absolute Gasteiger partial charge is 0.474 e. The summed E-state index contributed by atoms with van der Waals surface area (Å²) >= 11 is 0. The van der Waals surface area contributed by atoms with Crippen molar-refractivity contribution >= 4 is 5.82 Å². The number of aryl methyl sites for hydroxylation is 2. The molecular formula is C19H27N5O. The van der Waals surface area contributed by atoms with Gasteiger partial charge in [0.25, 0.3) is 0 Å². The van der Waals surface area contributed by atoms with Crippen molar-refractivity contribution in [2.75, 3.05) is 18.0 Å². The molecule has 2 aromatic heterocycles. The van der Waals surface area contributed by atoms with Crippen LogP contribution in [0.25, 0.3) is 0 Å². The molecule has 25 heavy (non-hydrogen) atoms. The van der Waals surface area contributed by atoms with Crippen molar-refractivity contribution in [3.63, 3.8) is 0 Å². The maximum atomic E-state index is 5.69. The van der Waals surface area contributed by atoms with E-state index in [1.807, 2.05) is 20.0 Å². The third kappa shape index (κ3) is 3.22. The van der Waals surface area contributed by atoms with E-state index in [0.717, 1.165) is 31.7 Å². The topological polar surface area (TPSA) is 56.1 Å². The number of hydrogen-bond donors (Lipinski definition) is 0. The highest BCUT2D eigenvalue weighted by Gasteiger charge is 2.30. The summed E-state index contributed by atoms with van der Waals surface area (Å²) in [6, 6.07) is 0.478. The molecule has 6 heteroatoms. The van der Waals surface area contributed by atoms with Crippen molar-refractivity contribution in [3.8, 4) is 5.88 Å². The summed E-state index contributed by atoms with van der Waals surface area (Å²) in [4.78, 5) is 16.1. The van der Waals surface area contributed by atoms with Crippen molar-refractivity contribution < 1.29 is 4.74 Å². The van der Waals surface area contributed by atoms with Gasteiger partial charge in [0, 0.05) is 18.8 Å². The van der Waals surface area contributed by atoms with Crippen LogP contribution in [-0.2, 0) is 12.8 Å². The fourth-order valence-electron chi connectivity index (χ4n) is 4.13. The second kappa shape index (κ2) is 6.65. The number of anilines is 1. The Balaban J connectivity index is 1.53. The Hall–Kier alpha value is -2.11. The van der Waals surface area contributed by atoms with Gasteiger partial charge in [-0.1, -0.05) is 0 Å². The van der Waals surface area contributed by atoms with Gasteiger partial charge >= 0.3 is 0 Å². The van der Waals surface area contributed by atoms with Gasteiger partial charge in [0.15, 0.2) is 5.82 Å². The van der Waals surface area contributed by atoms with Gasteiger partial charge in [-0.3, -0.25) is 4.98 Å². The lowest BCUT2D eigenvalue weighted by Gasteiger charge is -2.22. The fraction of sp³-hybridized carbons (Fsp3) is 0.632. The highest BCUT2D eigenvalue weighted by molar-refractivity contribution is 5.39. The maximum Gasteiger partial charge on any atom is 0.234 e. The molecule has 2 aromatic rings. The van der Waals surface area contributed by atoms with Crippen LogP contribution in [0.15, 0.2) is 12.4 Å². The van der Waals surface area contributed by atoms with Gasteiger partial charge in [-0.05, 0) is 52.9 Å². The van der Waals surface area contributed by atoms with Crippen LogP contribution in [0.4, 0.5) is 5.82 Å². The minimum absolute atomic E-state index is 0.107. The van der Waals surface area contributed by atoms with E-state index in [4.69, 9.17) is 9.72 Å². The molecule has 1 fully saturated rings. The summed E-state index contributed by atoms with van der Waals surface area (Å²) in [7, 11) is 0. The van der Waals surface area contributed by atoms with Crippen LogP contribution in [0.2, 0.25) is 0 Å². The highest BCUT2D eigenvalue weighted by atomic mass is 16.5. The van der Waals surface area contributed by atoms with E-state index in [0.29, 0.717) is 11.9 Å².